The van der Waals surface area contributed by atoms with Crippen LogP contribution in [-0.4, -0.2) is 12.2 Å². The molecule has 1 aliphatic heterocycles. The van der Waals surface area contributed by atoms with Crippen LogP contribution in [0.15, 0.2) is 42.5 Å². The van der Waals surface area contributed by atoms with Crippen molar-refractivity contribution in [1.82, 2.24) is 5.32 Å². The monoisotopic (exact) mass is 241 g/mol. The number of benzene rings is 2. The molecule has 0 aliphatic carbocycles. The lowest BCUT2D eigenvalue weighted by molar-refractivity contribution is 0.414. The molecular formula is C15H15NO2. The third-order valence-electron chi connectivity index (χ3n) is 3.36. The van der Waals surface area contributed by atoms with Crippen LogP contribution in [0.2, 0.25) is 0 Å². The third kappa shape index (κ3) is 1.83. The Labute approximate surface area is 106 Å². The van der Waals surface area contributed by atoms with Gasteiger partial charge < -0.3 is 15.2 Å². The lowest BCUT2D eigenvalue weighted by Crippen LogP contribution is -2.13. The summed E-state index contributed by atoms with van der Waals surface area (Å²) in [4.78, 5) is 0. The minimum atomic E-state index is 0.127. The molecule has 1 aliphatic rings. The first kappa shape index (κ1) is 11.1. The summed E-state index contributed by atoms with van der Waals surface area (Å²) in [7, 11) is 1.67. The van der Waals surface area contributed by atoms with Gasteiger partial charge >= 0.3 is 0 Å². The number of ether oxygens (including phenoxy) is 1. The van der Waals surface area contributed by atoms with E-state index in [2.05, 4.69) is 17.4 Å². The lowest BCUT2D eigenvalue weighted by atomic mass is 9.98. The maximum Gasteiger partial charge on any atom is 0.119 e. The quantitative estimate of drug-likeness (QED) is 0.849. The van der Waals surface area contributed by atoms with E-state index in [1.165, 1.54) is 11.1 Å². The summed E-state index contributed by atoms with van der Waals surface area (Å²) < 4.78 is 5.27. The molecule has 0 aromatic heterocycles. The summed E-state index contributed by atoms with van der Waals surface area (Å²) in [6.45, 7) is 0.847. The van der Waals surface area contributed by atoms with Gasteiger partial charge in [0.15, 0.2) is 0 Å². The number of methoxy groups -OCH3 is 1. The van der Waals surface area contributed by atoms with Crippen molar-refractivity contribution in [1.29, 1.82) is 0 Å². The number of rotatable bonds is 2. The van der Waals surface area contributed by atoms with Gasteiger partial charge in [0.25, 0.3) is 0 Å². The first-order chi connectivity index (χ1) is 8.78. The molecule has 0 amide bonds. The first-order valence-corrected chi connectivity index (χ1v) is 5.97. The van der Waals surface area contributed by atoms with Gasteiger partial charge in [-0.25, -0.2) is 0 Å². The molecule has 3 heteroatoms. The number of fused-ring (bicyclic) bond motifs is 1. The maximum absolute atomic E-state index is 9.57. The zero-order valence-electron chi connectivity index (χ0n) is 10.2. The van der Waals surface area contributed by atoms with E-state index in [0.29, 0.717) is 5.75 Å². The van der Waals surface area contributed by atoms with Crippen molar-refractivity contribution in [2.45, 2.75) is 12.6 Å². The van der Waals surface area contributed by atoms with Crippen molar-refractivity contribution < 1.29 is 9.84 Å². The zero-order chi connectivity index (χ0) is 12.5. The van der Waals surface area contributed by atoms with Gasteiger partial charge in [-0.1, -0.05) is 18.2 Å². The average molecular weight is 241 g/mol. The summed E-state index contributed by atoms with van der Waals surface area (Å²) in [6, 6.07) is 13.6. The van der Waals surface area contributed by atoms with E-state index in [9.17, 15) is 5.11 Å². The van der Waals surface area contributed by atoms with Gasteiger partial charge in [0.2, 0.25) is 0 Å². The molecule has 1 atom stereocenters. The highest BCUT2D eigenvalue weighted by Crippen LogP contribution is 2.34. The highest BCUT2D eigenvalue weighted by atomic mass is 16.5. The Morgan fingerprint density at radius 3 is 2.89 bits per heavy atom. The number of hydrogen-bond donors (Lipinski definition) is 2. The Hall–Kier alpha value is -2.00. The fraction of sp³-hybridized carbons (Fsp3) is 0.200. The van der Waals surface area contributed by atoms with Gasteiger partial charge in [-0.05, 0) is 41.0 Å². The highest BCUT2D eigenvalue weighted by molar-refractivity contribution is 5.46. The molecule has 92 valence electrons. The van der Waals surface area contributed by atoms with E-state index in [0.717, 1.165) is 17.9 Å². The topological polar surface area (TPSA) is 41.5 Å². The second-order valence-corrected chi connectivity index (χ2v) is 4.47. The van der Waals surface area contributed by atoms with E-state index in [4.69, 9.17) is 4.74 Å². The molecule has 0 radical (unpaired) electrons. The van der Waals surface area contributed by atoms with Crippen molar-refractivity contribution in [3.8, 4) is 11.5 Å². The molecule has 3 rings (SSSR count). The molecule has 0 saturated heterocycles. The molecule has 0 bridgehead atoms. The van der Waals surface area contributed by atoms with Crippen molar-refractivity contribution in [2.75, 3.05) is 7.11 Å². The summed E-state index contributed by atoms with van der Waals surface area (Å²) in [5.74, 6) is 1.16. The fourth-order valence-electron chi connectivity index (χ4n) is 2.45. The van der Waals surface area contributed by atoms with Gasteiger partial charge in [-0.15, -0.1) is 0 Å². The molecular weight excluding hydrogens is 226 g/mol. The van der Waals surface area contributed by atoms with Crippen molar-refractivity contribution in [2.24, 2.45) is 0 Å². The van der Waals surface area contributed by atoms with Gasteiger partial charge in [-0.2, -0.15) is 0 Å². The van der Waals surface area contributed by atoms with Crippen molar-refractivity contribution in [3.05, 3.63) is 59.2 Å². The highest BCUT2D eigenvalue weighted by Gasteiger charge is 2.23. The Balaban J connectivity index is 2.03. The number of aromatic hydroxyl groups is 1. The SMILES string of the molecule is COc1ccc2c(c1)C(c1cccc(O)c1)NC2. The minimum Gasteiger partial charge on any atom is -0.508 e. The molecule has 0 spiro atoms. The molecule has 2 aromatic rings. The van der Waals surface area contributed by atoms with Gasteiger partial charge in [0.05, 0.1) is 13.2 Å². The average Bonchev–Trinajstić information content (AvgIpc) is 2.81. The molecule has 1 heterocycles. The number of phenols is 1. The summed E-state index contributed by atoms with van der Waals surface area (Å²) in [5.41, 5.74) is 3.58. The predicted octanol–water partition coefficient (Wildman–Crippen LogP) is 2.59. The van der Waals surface area contributed by atoms with Crippen LogP contribution in [0.3, 0.4) is 0 Å². The number of phenolic OH excluding ortho intramolecular Hbond substituents is 1. The van der Waals surface area contributed by atoms with E-state index >= 15 is 0 Å². The fourth-order valence-corrected chi connectivity index (χ4v) is 2.45. The second-order valence-electron chi connectivity index (χ2n) is 4.47. The molecule has 0 saturated carbocycles. The van der Waals surface area contributed by atoms with Crippen LogP contribution in [0.25, 0.3) is 0 Å². The molecule has 2 N–H and O–H groups in total. The molecule has 3 nitrogen and oxygen atoms in total. The van der Waals surface area contributed by atoms with Crippen LogP contribution < -0.4 is 10.1 Å². The maximum atomic E-state index is 9.57. The van der Waals surface area contributed by atoms with Crippen LogP contribution in [0.1, 0.15) is 22.7 Å². The summed E-state index contributed by atoms with van der Waals surface area (Å²) in [5, 5.41) is 13.0. The Bertz CT molecular complexity index is 580. The summed E-state index contributed by atoms with van der Waals surface area (Å²) in [6.07, 6.45) is 0. The second kappa shape index (κ2) is 4.35. The largest absolute Gasteiger partial charge is 0.508 e. The van der Waals surface area contributed by atoms with Crippen LogP contribution >= 0.6 is 0 Å². The third-order valence-corrected chi connectivity index (χ3v) is 3.36. The van der Waals surface area contributed by atoms with Gasteiger partial charge in [0, 0.05) is 6.54 Å². The molecule has 0 fully saturated rings. The summed E-state index contributed by atoms with van der Waals surface area (Å²) >= 11 is 0. The molecule has 1 unspecified atom stereocenters. The lowest BCUT2D eigenvalue weighted by Gasteiger charge is -2.13. The van der Waals surface area contributed by atoms with E-state index in [1.807, 2.05) is 18.2 Å². The first-order valence-electron chi connectivity index (χ1n) is 5.97. The Kier molecular flexibility index (Phi) is 2.68. The Morgan fingerprint density at radius 1 is 1.22 bits per heavy atom. The van der Waals surface area contributed by atoms with Crippen LogP contribution in [0.5, 0.6) is 11.5 Å². The number of hydrogen-bond acceptors (Lipinski definition) is 3. The van der Waals surface area contributed by atoms with Crippen molar-refractivity contribution >= 4 is 0 Å². The Morgan fingerprint density at radius 2 is 2.11 bits per heavy atom. The normalized spacial score (nSPS) is 17.5. The smallest absolute Gasteiger partial charge is 0.119 e. The van der Waals surface area contributed by atoms with E-state index in [1.54, 1.807) is 19.2 Å². The van der Waals surface area contributed by atoms with Crippen molar-refractivity contribution in [3.63, 3.8) is 0 Å². The molecule has 18 heavy (non-hydrogen) atoms. The predicted molar refractivity (Wildman–Crippen MR) is 69.8 cm³/mol. The van der Waals surface area contributed by atoms with Gasteiger partial charge in [0.1, 0.15) is 11.5 Å². The van der Waals surface area contributed by atoms with Gasteiger partial charge in [-0.3, -0.25) is 0 Å². The minimum absolute atomic E-state index is 0.127. The number of nitrogens with one attached hydrogen (secondary N) is 1. The zero-order valence-corrected chi connectivity index (χ0v) is 10.2. The standard InChI is InChI=1S/C15H15NO2/c1-18-13-6-5-11-9-16-15(14(11)8-13)10-3-2-4-12(17)7-10/h2-8,15-17H,9H2,1H3. The van der Waals surface area contributed by atoms with Crippen LogP contribution in [-0.2, 0) is 6.54 Å². The van der Waals surface area contributed by atoms with E-state index < -0.39 is 0 Å². The van der Waals surface area contributed by atoms with Crippen LogP contribution in [0, 0.1) is 0 Å². The van der Waals surface area contributed by atoms with Crippen LogP contribution in [0.4, 0.5) is 0 Å². The molecule has 2 aromatic carbocycles. The van der Waals surface area contributed by atoms with E-state index in [-0.39, 0.29) is 6.04 Å².